The number of hydrogen-bond donors (Lipinski definition) is 3. The molecular weight excluding hydrogens is 268 g/mol. The van der Waals surface area contributed by atoms with Crippen LogP contribution in [-0.2, 0) is 4.79 Å². The smallest absolute Gasteiger partial charge is 0.303 e. The number of unbranched alkanes of at least 4 members (excludes halogenated alkanes) is 2. The van der Waals surface area contributed by atoms with Crippen molar-refractivity contribution in [3.05, 3.63) is 28.8 Å². The van der Waals surface area contributed by atoms with Crippen molar-refractivity contribution in [2.75, 3.05) is 12.3 Å². The van der Waals surface area contributed by atoms with Gasteiger partial charge in [-0.05, 0) is 31.0 Å². The van der Waals surface area contributed by atoms with Gasteiger partial charge < -0.3 is 16.2 Å². The van der Waals surface area contributed by atoms with E-state index in [-0.39, 0.29) is 12.3 Å². The number of carbonyl (C=O) groups is 2. The molecule has 0 radical (unpaired) electrons. The first-order valence-corrected chi connectivity index (χ1v) is 6.43. The van der Waals surface area contributed by atoms with Crippen molar-refractivity contribution in [1.29, 1.82) is 0 Å². The molecule has 0 aromatic heterocycles. The molecule has 0 atom stereocenters. The average molecular weight is 285 g/mol. The number of carboxylic acid groups (broad SMARTS) is 1. The lowest BCUT2D eigenvalue weighted by atomic mass is 10.1. The molecule has 1 aromatic rings. The monoisotopic (exact) mass is 284 g/mol. The summed E-state index contributed by atoms with van der Waals surface area (Å²) in [6.07, 6.45) is 2.32. The molecule has 19 heavy (non-hydrogen) atoms. The number of aliphatic carboxylic acids is 1. The highest BCUT2D eigenvalue weighted by Crippen LogP contribution is 2.19. The predicted octanol–water partition coefficient (Wildman–Crippen LogP) is 2.30. The number of benzene rings is 1. The first-order valence-electron chi connectivity index (χ1n) is 6.05. The van der Waals surface area contributed by atoms with E-state index in [0.29, 0.717) is 29.2 Å². The maximum atomic E-state index is 11.7. The first-order chi connectivity index (χ1) is 9.00. The van der Waals surface area contributed by atoms with Gasteiger partial charge in [0, 0.05) is 18.5 Å². The summed E-state index contributed by atoms with van der Waals surface area (Å²) >= 11 is 5.77. The molecule has 0 bridgehead atoms. The van der Waals surface area contributed by atoms with Crippen LogP contribution in [0.2, 0.25) is 5.02 Å². The fourth-order valence-corrected chi connectivity index (χ4v) is 1.68. The summed E-state index contributed by atoms with van der Waals surface area (Å²) in [5.74, 6) is -0.998. The van der Waals surface area contributed by atoms with Crippen LogP contribution in [0.3, 0.4) is 0 Å². The molecule has 1 rings (SSSR count). The lowest BCUT2D eigenvalue weighted by Gasteiger charge is -2.06. The largest absolute Gasteiger partial charge is 0.481 e. The van der Waals surface area contributed by atoms with Crippen LogP contribution in [0.5, 0.6) is 0 Å². The average Bonchev–Trinajstić information content (AvgIpc) is 2.36. The van der Waals surface area contributed by atoms with Gasteiger partial charge >= 0.3 is 5.97 Å². The van der Waals surface area contributed by atoms with Gasteiger partial charge in [-0.25, -0.2) is 0 Å². The van der Waals surface area contributed by atoms with Gasteiger partial charge in [-0.2, -0.15) is 0 Å². The standard InChI is InChI=1S/C13H17ClN2O3/c14-10-6-5-9(8-11(10)15)13(19)16-7-3-1-2-4-12(17)18/h5-6,8H,1-4,7,15H2,(H,16,19)(H,17,18). The molecule has 104 valence electrons. The van der Waals surface area contributed by atoms with Crippen LogP contribution in [0.25, 0.3) is 0 Å². The minimum Gasteiger partial charge on any atom is -0.481 e. The Kier molecular flexibility index (Phi) is 6.15. The highest BCUT2D eigenvalue weighted by atomic mass is 35.5. The van der Waals surface area contributed by atoms with Crippen molar-refractivity contribution in [2.45, 2.75) is 25.7 Å². The second kappa shape index (κ2) is 7.63. The molecule has 4 N–H and O–H groups in total. The van der Waals surface area contributed by atoms with Crippen LogP contribution in [0, 0.1) is 0 Å². The second-order valence-electron chi connectivity index (χ2n) is 4.20. The molecule has 1 amide bonds. The number of carboxylic acids is 1. The van der Waals surface area contributed by atoms with Gasteiger partial charge in [0.1, 0.15) is 0 Å². The zero-order valence-corrected chi connectivity index (χ0v) is 11.2. The van der Waals surface area contributed by atoms with Gasteiger partial charge in [-0.15, -0.1) is 0 Å². The molecule has 0 heterocycles. The van der Waals surface area contributed by atoms with E-state index in [1.165, 1.54) is 6.07 Å². The number of nitrogen functional groups attached to an aromatic ring is 1. The highest BCUT2D eigenvalue weighted by Gasteiger charge is 2.06. The fourth-order valence-electron chi connectivity index (χ4n) is 1.57. The Morgan fingerprint density at radius 2 is 2.00 bits per heavy atom. The Bertz CT molecular complexity index is 463. The molecule has 0 unspecified atom stereocenters. The summed E-state index contributed by atoms with van der Waals surface area (Å²) < 4.78 is 0. The quantitative estimate of drug-likeness (QED) is 0.529. The third-order valence-electron chi connectivity index (χ3n) is 2.61. The summed E-state index contributed by atoms with van der Waals surface area (Å²) in [4.78, 5) is 22.0. The van der Waals surface area contributed by atoms with Crippen LogP contribution < -0.4 is 11.1 Å². The van der Waals surface area contributed by atoms with Crippen LogP contribution in [-0.4, -0.2) is 23.5 Å². The van der Waals surface area contributed by atoms with Crippen molar-refractivity contribution in [3.8, 4) is 0 Å². The van der Waals surface area contributed by atoms with Gasteiger partial charge in [0.05, 0.1) is 10.7 Å². The molecule has 0 aliphatic carbocycles. The Morgan fingerprint density at radius 1 is 1.26 bits per heavy atom. The molecule has 0 saturated heterocycles. The van der Waals surface area contributed by atoms with Crippen molar-refractivity contribution in [1.82, 2.24) is 5.32 Å². The zero-order chi connectivity index (χ0) is 14.3. The number of carbonyl (C=O) groups excluding carboxylic acids is 1. The summed E-state index contributed by atoms with van der Waals surface area (Å²) in [6, 6.07) is 4.72. The lowest BCUT2D eigenvalue weighted by Crippen LogP contribution is -2.24. The topological polar surface area (TPSA) is 92.4 Å². The van der Waals surface area contributed by atoms with E-state index >= 15 is 0 Å². The van der Waals surface area contributed by atoms with Crippen molar-refractivity contribution >= 4 is 29.2 Å². The maximum Gasteiger partial charge on any atom is 0.303 e. The van der Waals surface area contributed by atoms with E-state index in [4.69, 9.17) is 22.4 Å². The molecule has 5 nitrogen and oxygen atoms in total. The van der Waals surface area contributed by atoms with E-state index < -0.39 is 5.97 Å². The van der Waals surface area contributed by atoms with E-state index in [1.54, 1.807) is 12.1 Å². The van der Waals surface area contributed by atoms with Gasteiger partial charge in [-0.3, -0.25) is 9.59 Å². The van der Waals surface area contributed by atoms with Crippen LogP contribution in [0.15, 0.2) is 18.2 Å². The van der Waals surface area contributed by atoms with Crippen LogP contribution >= 0.6 is 11.6 Å². The molecule has 0 aliphatic heterocycles. The minimum absolute atomic E-state index is 0.168. The van der Waals surface area contributed by atoms with Crippen LogP contribution in [0.4, 0.5) is 5.69 Å². The van der Waals surface area contributed by atoms with Gasteiger partial charge in [-0.1, -0.05) is 18.0 Å². The van der Waals surface area contributed by atoms with E-state index in [1.807, 2.05) is 0 Å². The fraction of sp³-hybridized carbons (Fsp3) is 0.385. The summed E-state index contributed by atoms with van der Waals surface area (Å²) in [5.41, 5.74) is 6.45. The summed E-state index contributed by atoms with van der Waals surface area (Å²) in [7, 11) is 0. The molecule has 0 spiro atoms. The van der Waals surface area contributed by atoms with Gasteiger partial charge in [0.2, 0.25) is 0 Å². The Balaban J connectivity index is 2.27. The molecule has 1 aromatic carbocycles. The third kappa shape index (κ3) is 5.61. The lowest BCUT2D eigenvalue weighted by molar-refractivity contribution is -0.137. The second-order valence-corrected chi connectivity index (χ2v) is 4.60. The summed E-state index contributed by atoms with van der Waals surface area (Å²) in [5, 5.41) is 11.6. The molecule has 0 aliphatic rings. The minimum atomic E-state index is -0.791. The van der Waals surface area contributed by atoms with Crippen LogP contribution in [0.1, 0.15) is 36.0 Å². The molecule has 6 heteroatoms. The number of nitrogens with two attached hydrogens (primary N) is 1. The number of anilines is 1. The Morgan fingerprint density at radius 3 is 2.63 bits per heavy atom. The van der Waals surface area contributed by atoms with Crippen molar-refractivity contribution in [3.63, 3.8) is 0 Å². The molecule has 0 saturated carbocycles. The van der Waals surface area contributed by atoms with Gasteiger partial charge in [0.15, 0.2) is 0 Å². The molecular formula is C13H17ClN2O3. The Labute approximate surface area is 116 Å². The number of halogens is 1. The van der Waals surface area contributed by atoms with Crippen molar-refractivity contribution < 1.29 is 14.7 Å². The summed E-state index contributed by atoms with van der Waals surface area (Å²) in [6.45, 7) is 0.515. The SMILES string of the molecule is Nc1cc(C(=O)NCCCCCC(=O)O)ccc1Cl. The third-order valence-corrected chi connectivity index (χ3v) is 2.96. The molecule has 0 fully saturated rings. The van der Waals surface area contributed by atoms with Gasteiger partial charge in [0.25, 0.3) is 5.91 Å². The normalized spacial score (nSPS) is 10.2. The number of rotatable bonds is 7. The highest BCUT2D eigenvalue weighted by molar-refractivity contribution is 6.33. The number of hydrogen-bond acceptors (Lipinski definition) is 3. The predicted molar refractivity (Wildman–Crippen MR) is 74.3 cm³/mol. The van der Waals surface area contributed by atoms with Crippen molar-refractivity contribution in [2.24, 2.45) is 0 Å². The number of amides is 1. The maximum absolute atomic E-state index is 11.7. The van der Waals surface area contributed by atoms with E-state index in [2.05, 4.69) is 5.32 Å². The van der Waals surface area contributed by atoms with E-state index in [9.17, 15) is 9.59 Å². The van der Waals surface area contributed by atoms with E-state index in [0.717, 1.165) is 12.8 Å². The number of nitrogens with one attached hydrogen (secondary N) is 1. The first kappa shape index (κ1) is 15.3. The zero-order valence-electron chi connectivity index (χ0n) is 10.5. The Hall–Kier alpha value is -1.75.